The third-order valence-electron chi connectivity index (χ3n) is 4.47. The number of aromatic nitrogens is 1. The lowest BCUT2D eigenvalue weighted by molar-refractivity contribution is -0.136. The molecule has 0 fully saturated rings. The van der Waals surface area contributed by atoms with Crippen LogP contribution in [-0.2, 0) is 16.1 Å². The van der Waals surface area contributed by atoms with Crippen molar-refractivity contribution >= 4 is 17.6 Å². The average molecular weight is 375 g/mol. The molecule has 7 heteroatoms. The van der Waals surface area contributed by atoms with Crippen LogP contribution in [0.3, 0.4) is 0 Å². The van der Waals surface area contributed by atoms with Gasteiger partial charge in [-0.3, -0.25) is 4.79 Å². The van der Waals surface area contributed by atoms with E-state index in [1.54, 1.807) is 34.9 Å². The van der Waals surface area contributed by atoms with E-state index in [9.17, 15) is 9.59 Å². The Kier molecular flexibility index (Phi) is 4.78. The number of halogens is 1. The second-order valence-electron chi connectivity index (χ2n) is 5.97. The van der Waals surface area contributed by atoms with Crippen molar-refractivity contribution in [1.82, 2.24) is 4.57 Å². The Bertz CT molecular complexity index is 978. The van der Waals surface area contributed by atoms with E-state index < -0.39 is 11.9 Å². The van der Waals surface area contributed by atoms with E-state index >= 15 is 0 Å². The van der Waals surface area contributed by atoms with E-state index in [2.05, 4.69) is 0 Å². The number of carbonyl (C=O) groups is 1. The molecule has 3 rings (SSSR count). The molecule has 1 aliphatic rings. The lowest BCUT2D eigenvalue weighted by atomic mass is 9.83. The van der Waals surface area contributed by atoms with Crippen molar-refractivity contribution in [2.45, 2.75) is 26.3 Å². The zero-order chi connectivity index (χ0) is 19.0. The van der Waals surface area contributed by atoms with Gasteiger partial charge in [0, 0.05) is 23.3 Å². The van der Waals surface area contributed by atoms with E-state index in [4.69, 9.17) is 26.8 Å². The highest BCUT2D eigenvalue weighted by Gasteiger charge is 2.38. The van der Waals surface area contributed by atoms with Gasteiger partial charge in [0.1, 0.15) is 11.3 Å². The van der Waals surface area contributed by atoms with Gasteiger partial charge < -0.3 is 19.8 Å². The second-order valence-corrected chi connectivity index (χ2v) is 6.41. The molecule has 136 valence electrons. The summed E-state index contributed by atoms with van der Waals surface area (Å²) in [5, 5.41) is 0.487. The molecule has 1 aliphatic heterocycles. The van der Waals surface area contributed by atoms with Crippen molar-refractivity contribution in [3.63, 3.8) is 0 Å². The Morgan fingerprint density at radius 3 is 2.73 bits per heavy atom. The van der Waals surface area contributed by atoms with Gasteiger partial charge in [-0.1, -0.05) is 23.7 Å². The average Bonchev–Trinajstić information content (AvgIpc) is 2.60. The van der Waals surface area contributed by atoms with E-state index in [0.29, 0.717) is 28.4 Å². The van der Waals surface area contributed by atoms with E-state index in [-0.39, 0.29) is 17.0 Å². The predicted molar refractivity (Wildman–Crippen MR) is 98.3 cm³/mol. The van der Waals surface area contributed by atoms with Crippen LogP contribution in [0.25, 0.3) is 0 Å². The van der Waals surface area contributed by atoms with Crippen LogP contribution >= 0.6 is 11.6 Å². The molecule has 0 saturated heterocycles. The van der Waals surface area contributed by atoms with Gasteiger partial charge in [0.15, 0.2) is 0 Å². The number of nitrogens with two attached hydrogens (primary N) is 1. The minimum atomic E-state index is -0.726. The van der Waals surface area contributed by atoms with Crippen molar-refractivity contribution in [3.05, 3.63) is 74.0 Å². The minimum absolute atomic E-state index is 0.0811. The zero-order valence-corrected chi connectivity index (χ0v) is 15.5. The molecule has 0 unspecified atom stereocenters. The number of esters is 1. The first kappa shape index (κ1) is 18.1. The third-order valence-corrected chi connectivity index (χ3v) is 4.71. The minimum Gasteiger partial charge on any atom is -0.465 e. The highest BCUT2D eigenvalue weighted by Crippen LogP contribution is 2.41. The maximum Gasteiger partial charge on any atom is 0.340 e. The molecule has 0 radical (unpaired) electrons. The molecule has 0 spiro atoms. The fourth-order valence-electron chi connectivity index (χ4n) is 3.31. The van der Waals surface area contributed by atoms with Crippen LogP contribution in [0, 0.1) is 6.92 Å². The third kappa shape index (κ3) is 2.86. The molecule has 0 bridgehead atoms. The number of pyridine rings is 1. The zero-order valence-electron chi connectivity index (χ0n) is 14.7. The van der Waals surface area contributed by atoms with Crippen LogP contribution in [0.2, 0.25) is 5.02 Å². The molecule has 26 heavy (non-hydrogen) atoms. The molecule has 2 heterocycles. The van der Waals surface area contributed by atoms with Crippen LogP contribution in [0.1, 0.15) is 29.7 Å². The van der Waals surface area contributed by atoms with Crippen molar-refractivity contribution < 1.29 is 14.3 Å². The number of nitrogens with zero attached hydrogens (tertiary/aromatic N) is 1. The molecule has 1 aromatic carbocycles. The van der Waals surface area contributed by atoms with E-state index in [0.717, 1.165) is 5.69 Å². The smallest absolute Gasteiger partial charge is 0.340 e. The predicted octanol–water partition coefficient (Wildman–Crippen LogP) is 2.70. The van der Waals surface area contributed by atoms with E-state index in [1.165, 1.54) is 7.11 Å². The number of ether oxygens (including phenoxy) is 2. The Hall–Kier alpha value is -2.73. The summed E-state index contributed by atoms with van der Waals surface area (Å²) in [4.78, 5) is 25.5. The number of carbonyl (C=O) groups excluding carboxylic acids is 1. The van der Waals surface area contributed by atoms with Crippen molar-refractivity contribution in [2.75, 3.05) is 7.11 Å². The van der Waals surface area contributed by atoms with Crippen LogP contribution in [-0.4, -0.2) is 17.6 Å². The van der Waals surface area contributed by atoms with Gasteiger partial charge >= 0.3 is 5.97 Å². The van der Waals surface area contributed by atoms with Crippen LogP contribution in [0.15, 0.2) is 46.6 Å². The summed E-state index contributed by atoms with van der Waals surface area (Å²) in [7, 11) is 1.26. The number of benzene rings is 1. The summed E-state index contributed by atoms with van der Waals surface area (Å²) < 4.78 is 12.1. The summed E-state index contributed by atoms with van der Waals surface area (Å²) in [5.41, 5.74) is 7.62. The molecule has 1 aromatic heterocycles. The quantitative estimate of drug-likeness (QED) is 0.835. The molecule has 6 nitrogen and oxygen atoms in total. The molecule has 0 saturated carbocycles. The summed E-state index contributed by atoms with van der Waals surface area (Å²) in [6.45, 7) is 4.19. The Balaban J connectivity index is 2.36. The maximum absolute atomic E-state index is 13.1. The number of fused-ring (bicyclic) bond motifs is 1. The van der Waals surface area contributed by atoms with Crippen molar-refractivity contribution in [1.29, 1.82) is 0 Å². The molecular weight excluding hydrogens is 356 g/mol. The maximum atomic E-state index is 13.1. The Labute approximate surface area is 155 Å². The summed E-state index contributed by atoms with van der Waals surface area (Å²) in [6, 6.07) is 8.71. The fourth-order valence-corrected chi connectivity index (χ4v) is 3.51. The summed E-state index contributed by atoms with van der Waals surface area (Å²) in [6.07, 6.45) is 0. The van der Waals surface area contributed by atoms with Gasteiger partial charge in [-0.15, -0.1) is 0 Å². The first-order valence-electron chi connectivity index (χ1n) is 8.14. The number of methoxy groups -OCH3 is 1. The number of hydrogen-bond acceptors (Lipinski definition) is 5. The SMILES string of the molecule is CCn1c(C)cc2c(c1=O)[C@H](c1cccc(Cl)c1)C(C(=O)OC)=C(N)O2. The van der Waals surface area contributed by atoms with Gasteiger partial charge in [-0.25, -0.2) is 4.79 Å². The number of aryl methyl sites for hydroxylation is 1. The van der Waals surface area contributed by atoms with Crippen molar-refractivity contribution in [3.8, 4) is 5.75 Å². The van der Waals surface area contributed by atoms with E-state index in [1.807, 2.05) is 13.8 Å². The number of hydrogen-bond donors (Lipinski definition) is 1. The first-order chi connectivity index (χ1) is 12.4. The molecule has 2 aromatic rings. The molecule has 2 N–H and O–H groups in total. The van der Waals surface area contributed by atoms with Gasteiger partial charge in [0.2, 0.25) is 5.88 Å². The van der Waals surface area contributed by atoms with Crippen LogP contribution in [0.5, 0.6) is 5.75 Å². The Morgan fingerprint density at radius 2 is 2.12 bits per heavy atom. The van der Waals surface area contributed by atoms with Gasteiger partial charge in [-0.05, 0) is 31.5 Å². The fraction of sp³-hybridized carbons (Fsp3) is 0.263. The highest BCUT2D eigenvalue weighted by atomic mass is 35.5. The van der Waals surface area contributed by atoms with Crippen LogP contribution < -0.4 is 16.0 Å². The summed E-state index contributed by atoms with van der Waals surface area (Å²) >= 11 is 6.13. The van der Waals surface area contributed by atoms with Crippen molar-refractivity contribution in [2.24, 2.45) is 5.73 Å². The topological polar surface area (TPSA) is 83.5 Å². The second kappa shape index (κ2) is 6.88. The standard InChI is InChI=1S/C19H19ClN2O4/c1-4-22-10(2)8-13-15(18(22)23)14(11-6-5-7-12(20)9-11)16(17(21)26-13)19(24)25-3/h5-9,14H,4,21H2,1-3H3/t14-/m0/s1. The first-order valence-corrected chi connectivity index (χ1v) is 8.52. The normalized spacial score (nSPS) is 16.1. The summed E-state index contributed by atoms with van der Waals surface area (Å²) in [5.74, 6) is -1.12. The molecule has 0 aliphatic carbocycles. The Morgan fingerprint density at radius 1 is 1.38 bits per heavy atom. The van der Waals surface area contributed by atoms with Gasteiger partial charge in [-0.2, -0.15) is 0 Å². The number of rotatable bonds is 3. The van der Waals surface area contributed by atoms with Gasteiger partial charge in [0.05, 0.1) is 18.6 Å². The monoisotopic (exact) mass is 374 g/mol. The van der Waals surface area contributed by atoms with Crippen LogP contribution in [0.4, 0.5) is 0 Å². The highest BCUT2D eigenvalue weighted by molar-refractivity contribution is 6.30. The molecular formula is C19H19ClN2O4. The largest absolute Gasteiger partial charge is 0.465 e. The molecule has 1 atom stereocenters. The lowest BCUT2D eigenvalue weighted by Crippen LogP contribution is -2.34. The lowest BCUT2D eigenvalue weighted by Gasteiger charge is -2.28. The molecule has 0 amide bonds. The van der Waals surface area contributed by atoms with Gasteiger partial charge in [0.25, 0.3) is 5.56 Å².